The number of fused-ring (bicyclic) bond motifs is 1. The normalized spacial score (nSPS) is 16.0. The van der Waals surface area contributed by atoms with E-state index >= 15 is 0 Å². The number of carbonyl (C=O) groups excluding carboxylic acids is 1. The van der Waals surface area contributed by atoms with Crippen molar-refractivity contribution in [3.05, 3.63) is 63.7 Å². The van der Waals surface area contributed by atoms with Crippen molar-refractivity contribution in [2.75, 3.05) is 13.1 Å². The van der Waals surface area contributed by atoms with E-state index in [9.17, 15) is 9.59 Å². The zero-order valence-electron chi connectivity index (χ0n) is 26.0. The van der Waals surface area contributed by atoms with Crippen LogP contribution in [0.4, 0.5) is 4.79 Å². The molecule has 41 heavy (non-hydrogen) atoms. The first-order valence-electron chi connectivity index (χ1n) is 14.7. The Bertz CT molecular complexity index is 1390. The van der Waals surface area contributed by atoms with Gasteiger partial charge < -0.3 is 23.2 Å². The highest BCUT2D eigenvalue weighted by Gasteiger charge is 2.34. The maximum Gasteiger partial charge on any atom is 0.410 e. The third-order valence-corrected chi connectivity index (χ3v) is 8.25. The molecule has 1 radical (unpaired) electrons. The number of rotatable bonds is 8. The Kier molecular flexibility index (Phi) is 9.48. The topological polar surface area (TPSA) is 86.8 Å². The van der Waals surface area contributed by atoms with E-state index in [-0.39, 0.29) is 23.2 Å². The number of amides is 1. The Morgan fingerprint density at radius 2 is 1.80 bits per heavy atom. The summed E-state index contributed by atoms with van der Waals surface area (Å²) < 4.78 is 20.0. The van der Waals surface area contributed by atoms with Crippen LogP contribution in [0.15, 0.2) is 45.8 Å². The second-order valence-corrected chi connectivity index (χ2v) is 15.6. The minimum Gasteiger partial charge on any atom is -0.444 e. The van der Waals surface area contributed by atoms with E-state index in [1.54, 1.807) is 16.7 Å². The maximum atomic E-state index is 12.6. The molecule has 3 aromatic rings. The van der Waals surface area contributed by atoms with Crippen LogP contribution in [0.1, 0.15) is 83.7 Å². The summed E-state index contributed by atoms with van der Waals surface area (Å²) in [6.45, 7) is 18.4. The lowest BCUT2D eigenvalue weighted by Crippen LogP contribution is -2.41. The number of ether oxygens (including phenoxy) is 1. The molecular weight excluding hydrogens is 534 g/mol. The van der Waals surface area contributed by atoms with Gasteiger partial charge in [0.2, 0.25) is 9.04 Å². The Morgan fingerprint density at radius 1 is 1.10 bits per heavy atom. The second kappa shape index (κ2) is 12.5. The maximum absolute atomic E-state index is 12.6. The second-order valence-electron chi connectivity index (χ2n) is 13.5. The van der Waals surface area contributed by atoms with Crippen LogP contribution in [0.25, 0.3) is 11.0 Å². The zero-order chi connectivity index (χ0) is 29.9. The van der Waals surface area contributed by atoms with Gasteiger partial charge in [0.05, 0.1) is 18.3 Å². The predicted molar refractivity (Wildman–Crippen MR) is 163 cm³/mol. The molecule has 0 N–H and O–H groups in total. The van der Waals surface area contributed by atoms with Gasteiger partial charge in [0, 0.05) is 36.3 Å². The molecule has 3 heterocycles. The number of piperidine rings is 1. The van der Waals surface area contributed by atoms with Gasteiger partial charge in [-0.05, 0) is 88.6 Å². The fraction of sp³-hybridized carbons (Fsp3) is 0.594. The van der Waals surface area contributed by atoms with E-state index in [0.29, 0.717) is 25.6 Å². The van der Waals surface area contributed by atoms with Crippen LogP contribution in [0.2, 0.25) is 13.1 Å². The predicted octanol–water partition coefficient (Wildman–Crippen LogP) is 6.97. The monoisotopic (exact) mass is 580 g/mol. The summed E-state index contributed by atoms with van der Waals surface area (Å²) in [4.78, 5) is 26.8. The molecule has 1 fully saturated rings. The van der Waals surface area contributed by atoms with Crippen LogP contribution >= 0.6 is 0 Å². The third-order valence-electron chi connectivity index (χ3n) is 7.54. The van der Waals surface area contributed by atoms with Crippen molar-refractivity contribution in [2.24, 2.45) is 11.3 Å². The molecule has 1 atom stereocenters. The summed E-state index contributed by atoms with van der Waals surface area (Å²) in [6, 6.07) is 9.41. The van der Waals surface area contributed by atoms with E-state index in [0.717, 1.165) is 53.5 Å². The number of nitrogens with zero attached hydrogens (tertiary/aromatic N) is 3. The number of aryl methyl sites for hydroxylation is 1. The first-order valence-corrected chi connectivity index (χ1v) is 17.1. The first kappa shape index (κ1) is 31.0. The SMILES string of the molecule is C[Si](C)OC(c1c(Cn2ccccc2=O)ccc2c(CCC3CCN(C(=O)OC(C)(C)C)CC3)noc12)C(C)(C)C. The largest absolute Gasteiger partial charge is 0.444 e. The quantitative estimate of drug-likeness (QED) is 0.267. The molecule has 0 saturated carbocycles. The van der Waals surface area contributed by atoms with E-state index in [1.807, 2.05) is 37.9 Å². The van der Waals surface area contributed by atoms with Gasteiger partial charge in [-0.3, -0.25) is 4.79 Å². The Labute approximate surface area is 245 Å². The fourth-order valence-corrected chi connectivity index (χ4v) is 6.42. The van der Waals surface area contributed by atoms with Gasteiger partial charge in [-0.15, -0.1) is 0 Å². The number of aromatic nitrogens is 2. The molecule has 8 nitrogen and oxygen atoms in total. The number of pyridine rings is 1. The Balaban J connectivity index is 1.58. The van der Waals surface area contributed by atoms with E-state index < -0.39 is 14.6 Å². The molecule has 1 aliphatic heterocycles. The first-order chi connectivity index (χ1) is 19.2. The fourth-order valence-electron chi connectivity index (χ4n) is 5.47. The molecule has 0 aliphatic carbocycles. The Hall–Kier alpha value is -2.91. The van der Waals surface area contributed by atoms with Gasteiger partial charge in [0.1, 0.15) is 5.60 Å². The molecule has 9 heteroatoms. The van der Waals surface area contributed by atoms with Gasteiger partial charge in [0.15, 0.2) is 5.58 Å². The van der Waals surface area contributed by atoms with Crippen LogP contribution in [0.3, 0.4) is 0 Å². The molecule has 223 valence electrons. The zero-order valence-corrected chi connectivity index (χ0v) is 27.0. The average molecular weight is 581 g/mol. The molecule has 0 bridgehead atoms. The van der Waals surface area contributed by atoms with Gasteiger partial charge in [-0.2, -0.15) is 0 Å². The highest BCUT2D eigenvalue weighted by Crippen LogP contribution is 2.42. The molecule has 0 spiro atoms. The Morgan fingerprint density at radius 3 is 2.41 bits per heavy atom. The summed E-state index contributed by atoms with van der Waals surface area (Å²) in [7, 11) is -1.03. The molecule has 1 amide bonds. The van der Waals surface area contributed by atoms with Gasteiger partial charge >= 0.3 is 6.09 Å². The molecule has 1 aromatic carbocycles. The van der Waals surface area contributed by atoms with Crippen LogP contribution in [-0.4, -0.2) is 48.4 Å². The number of likely N-dealkylation sites (tertiary alicyclic amines) is 1. The van der Waals surface area contributed by atoms with Crippen molar-refractivity contribution in [3.63, 3.8) is 0 Å². The number of carbonyl (C=O) groups is 1. The number of hydrogen-bond acceptors (Lipinski definition) is 6. The third kappa shape index (κ3) is 7.89. The van der Waals surface area contributed by atoms with Gasteiger partial charge in [0.25, 0.3) is 5.56 Å². The molecule has 2 aromatic heterocycles. The van der Waals surface area contributed by atoms with Crippen molar-refractivity contribution in [1.82, 2.24) is 14.6 Å². The highest BCUT2D eigenvalue weighted by atomic mass is 28.3. The molecule has 1 aliphatic rings. The minimum absolute atomic E-state index is 0.0431. The van der Waals surface area contributed by atoms with Crippen LogP contribution in [0.5, 0.6) is 0 Å². The summed E-state index contributed by atoms with van der Waals surface area (Å²) >= 11 is 0. The van der Waals surface area contributed by atoms with Gasteiger partial charge in [-0.1, -0.05) is 38.1 Å². The lowest BCUT2D eigenvalue weighted by molar-refractivity contribution is 0.0181. The smallest absolute Gasteiger partial charge is 0.410 e. The summed E-state index contributed by atoms with van der Waals surface area (Å²) in [6.07, 6.45) is 5.08. The van der Waals surface area contributed by atoms with E-state index in [1.165, 1.54) is 0 Å². The number of hydrogen-bond donors (Lipinski definition) is 0. The average Bonchev–Trinajstić information content (AvgIpc) is 3.29. The van der Waals surface area contributed by atoms with E-state index in [4.69, 9.17) is 13.7 Å². The van der Waals surface area contributed by atoms with Crippen molar-refractivity contribution >= 4 is 26.1 Å². The standard InChI is InChI=1S/C32H46N3O5Si/c1-31(2,3)29(40-41(7)8)27-23(21-35-18-10-9-11-26(35)36)13-14-24-25(33-39-28(24)27)15-12-22-16-19-34(20-17-22)30(37)38-32(4,5)6/h9-11,13-14,18,22,29H,12,15-17,19-21H2,1-8H3. The van der Waals surface area contributed by atoms with Crippen molar-refractivity contribution in [2.45, 2.75) is 98.6 Å². The van der Waals surface area contributed by atoms with Crippen molar-refractivity contribution < 1.29 is 18.5 Å². The number of benzene rings is 1. The molecular formula is C32H46N3O5Si. The highest BCUT2D eigenvalue weighted by molar-refractivity contribution is 6.48. The lowest BCUT2D eigenvalue weighted by atomic mass is 9.82. The summed E-state index contributed by atoms with van der Waals surface area (Å²) in [5, 5.41) is 5.57. The molecule has 1 saturated heterocycles. The minimum atomic E-state index is -1.03. The van der Waals surface area contributed by atoms with Gasteiger partial charge in [-0.25, -0.2) is 4.79 Å². The lowest BCUT2D eigenvalue weighted by Gasteiger charge is -2.34. The van der Waals surface area contributed by atoms with Crippen molar-refractivity contribution in [3.8, 4) is 0 Å². The molecule has 4 rings (SSSR count). The van der Waals surface area contributed by atoms with Crippen LogP contribution < -0.4 is 5.56 Å². The summed E-state index contributed by atoms with van der Waals surface area (Å²) in [5.41, 5.74) is 2.98. The summed E-state index contributed by atoms with van der Waals surface area (Å²) in [5.74, 6) is 0.514. The van der Waals surface area contributed by atoms with Crippen molar-refractivity contribution in [1.29, 1.82) is 0 Å². The van der Waals surface area contributed by atoms with Crippen LogP contribution in [-0.2, 0) is 22.1 Å². The van der Waals surface area contributed by atoms with E-state index in [2.05, 4.69) is 51.2 Å². The van der Waals surface area contributed by atoms with Crippen LogP contribution in [0, 0.1) is 11.3 Å². The molecule has 1 unspecified atom stereocenters.